The second-order valence-corrected chi connectivity index (χ2v) is 5.52. The molecule has 0 saturated heterocycles. The van der Waals surface area contributed by atoms with Crippen molar-refractivity contribution in [3.05, 3.63) is 24.3 Å². The van der Waals surface area contributed by atoms with Gasteiger partial charge in [-0.25, -0.2) is 0 Å². The molecule has 3 nitrogen and oxygen atoms in total. The molecule has 0 radical (unpaired) electrons. The van der Waals surface area contributed by atoms with Crippen molar-refractivity contribution in [1.82, 2.24) is 5.32 Å². The van der Waals surface area contributed by atoms with E-state index in [9.17, 15) is 4.79 Å². The van der Waals surface area contributed by atoms with Crippen molar-refractivity contribution in [2.45, 2.75) is 30.7 Å². The lowest BCUT2D eigenvalue weighted by molar-refractivity contribution is -0.119. The van der Waals surface area contributed by atoms with E-state index in [-0.39, 0.29) is 11.7 Å². The number of hydrogen-bond donors (Lipinski definition) is 2. The van der Waals surface area contributed by atoms with E-state index in [1.807, 2.05) is 12.1 Å². The van der Waals surface area contributed by atoms with E-state index in [4.69, 9.17) is 5.11 Å². The summed E-state index contributed by atoms with van der Waals surface area (Å²) in [6, 6.07) is 7.21. The Balaban J connectivity index is 1.73. The van der Waals surface area contributed by atoms with E-state index in [0.29, 0.717) is 17.7 Å². The van der Waals surface area contributed by atoms with E-state index in [1.54, 1.807) is 12.1 Å². The molecule has 1 atom stereocenters. The van der Waals surface area contributed by atoms with Gasteiger partial charge in [-0.2, -0.15) is 0 Å². The van der Waals surface area contributed by atoms with Gasteiger partial charge in [0, 0.05) is 10.9 Å². The first kappa shape index (κ1) is 12.3. The second kappa shape index (κ2) is 5.45. The molecule has 1 aromatic rings. The highest BCUT2D eigenvalue weighted by molar-refractivity contribution is 8.00. The fourth-order valence-corrected chi connectivity index (χ4v) is 2.41. The van der Waals surface area contributed by atoms with Gasteiger partial charge in [0.2, 0.25) is 5.91 Å². The number of thioether (sulfide) groups is 1. The molecule has 17 heavy (non-hydrogen) atoms. The summed E-state index contributed by atoms with van der Waals surface area (Å²) >= 11 is 1.49. The predicted molar refractivity (Wildman–Crippen MR) is 69.2 cm³/mol. The van der Waals surface area contributed by atoms with Crippen LogP contribution in [0, 0.1) is 5.92 Å². The van der Waals surface area contributed by atoms with Crippen molar-refractivity contribution in [1.29, 1.82) is 0 Å². The number of phenolic OH excluding ortho intramolecular Hbond substituents is 1. The second-order valence-electron chi connectivity index (χ2n) is 4.48. The number of hydrogen-bond acceptors (Lipinski definition) is 3. The van der Waals surface area contributed by atoms with Crippen LogP contribution in [0.25, 0.3) is 0 Å². The fraction of sp³-hybridized carbons (Fsp3) is 0.462. The molecule has 92 valence electrons. The molecular weight excluding hydrogens is 234 g/mol. The molecule has 0 heterocycles. The fourth-order valence-electron chi connectivity index (χ4n) is 1.70. The molecule has 1 fully saturated rings. The number of benzene rings is 1. The van der Waals surface area contributed by atoms with Gasteiger partial charge >= 0.3 is 0 Å². The van der Waals surface area contributed by atoms with E-state index >= 15 is 0 Å². The van der Waals surface area contributed by atoms with Gasteiger partial charge in [0.05, 0.1) is 5.75 Å². The molecule has 0 spiro atoms. The zero-order valence-corrected chi connectivity index (χ0v) is 10.7. The molecular formula is C13H17NO2S. The van der Waals surface area contributed by atoms with Crippen LogP contribution in [-0.2, 0) is 4.79 Å². The Bertz CT molecular complexity index is 387. The highest BCUT2D eigenvalue weighted by Gasteiger charge is 2.28. The van der Waals surface area contributed by atoms with Crippen LogP contribution in [-0.4, -0.2) is 22.8 Å². The Labute approximate surface area is 106 Å². The number of rotatable bonds is 5. The minimum Gasteiger partial charge on any atom is -0.508 e. The van der Waals surface area contributed by atoms with E-state index in [2.05, 4.69) is 12.2 Å². The van der Waals surface area contributed by atoms with Crippen molar-refractivity contribution >= 4 is 17.7 Å². The van der Waals surface area contributed by atoms with E-state index in [1.165, 1.54) is 24.6 Å². The van der Waals surface area contributed by atoms with Crippen LogP contribution >= 0.6 is 11.8 Å². The standard InChI is InChI=1S/C13H17NO2S/c1-9(10-2-3-10)14-13(16)8-17-12-6-4-11(15)5-7-12/h4-7,9-10,15H,2-3,8H2,1H3,(H,14,16)/t9-/m1/s1. The summed E-state index contributed by atoms with van der Waals surface area (Å²) in [5.41, 5.74) is 0. The third-order valence-corrected chi connectivity index (χ3v) is 3.94. The van der Waals surface area contributed by atoms with Crippen LogP contribution in [0.2, 0.25) is 0 Å². The largest absolute Gasteiger partial charge is 0.508 e. The Morgan fingerprint density at radius 2 is 2.12 bits per heavy atom. The van der Waals surface area contributed by atoms with Crippen molar-refractivity contribution in [3.63, 3.8) is 0 Å². The molecule has 2 N–H and O–H groups in total. The van der Waals surface area contributed by atoms with Crippen LogP contribution in [0.1, 0.15) is 19.8 Å². The van der Waals surface area contributed by atoms with Crippen LogP contribution in [0.15, 0.2) is 29.2 Å². The van der Waals surface area contributed by atoms with Crippen molar-refractivity contribution in [2.75, 3.05) is 5.75 Å². The molecule has 1 aliphatic carbocycles. The number of aromatic hydroxyl groups is 1. The van der Waals surface area contributed by atoms with Gasteiger partial charge in [0.25, 0.3) is 0 Å². The van der Waals surface area contributed by atoms with E-state index < -0.39 is 0 Å². The molecule has 1 aromatic carbocycles. The van der Waals surface area contributed by atoms with Gasteiger partial charge in [-0.05, 0) is 49.9 Å². The summed E-state index contributed by atoms with van der Waals surface area (Å²) in [5.74, 6) is 1.46. The summed E-state index contributed by atoms with van der Waals surface area (Å²) in [6.45, 7) is 2.07. The first-order valence-electron chi connectivity index (χ1n) is 5.86. The van der Waals surface area contributed by atoms with Gasteiger partial charge < -0.3 is 10.4 Å². The number of carbonyl (C=O) groups is 1. The van der Waals surface area contributed by atoms with Gasteiger partial charge in [-0.1, -0.05) is 0 Å². The molecule has 2 rings (SSSR count). The molecule has 0 bridgehead atoms. The molecule has 1 amide bonds. The maximum atomic E-state index is 11.6. The van der Waals surface area contributed by atoms with Crippen molar-refractivity contribution in [3.8, 4) is 5.75 Å². The Hall–Kier alpha value is -1.16. The third-order valence-electron chi connectivity index (χ3n) is 2.92. The Kier molecular flexibility index (Phi) is 3.94. The van der Waals surface area contributed by atoms with Crippen LogP contribution in [0.4, 0.5) is 0 Å². The Morgan fingerprint density at radius 1 is 1.47 bits per heavy atom. The molecule has 1 saturated carbocycles. The third kappa shape index (κ3) is 3.97. The summed E-state index contributed by atoms with van der Waals surface area (Å²) in [7, 11) is 0. The number of carbonyl (C=O) groups excluding carboxylic acids is 1. The lowest BCUT2D eigenvalue weighted by Gasteiger charge is -2.12. The normalized spacial score (nSPS) is 16.5. The minimum absolute atomic E-state index is 0.0856. The van der Waals surface area contributed by atoms with Gasteiger partial charge in [0.1, 0.15) is 5.75 Å². The summed E-state index contributed by atoms with van der Waals surface area (Å²) in [6.07, 6.45) is 2.49. The summed E-state index contributed by atoms with van der Waals surface area (Å²) in [5, 5.41) is 12.1. The Morgan fingerprint density at radius 3 is 2.71 bits per heavy atom. The molecule has 4 heteroatoms. The number of phenols is 1. The quantitative estimate of drug-likeness (QED) is 0.790. The maximum absolute atomic E-state index is 11.6. The average molecular weight is 251 g/mol. The zero-order chi connectivity index (χ0) is 12.3. The monoisotopic (exact) mass is 251 g/mol. The number of nitrogens with one attached hydrogen (secondary N) is 1. The topological polar surface area (TPSA) is 49.3 Å². The van der Waals surface area contributed by atoms with Gasteiger partial charge in [-0.3, -0.25) is 4.79 Å². The summed E-state index contributed by atoms with van der Waals surface area (Å²) in [4.78, 5) is 12.6. The van der Waals surface area contributed by atoms with Gasteiger partial charge in [0.15, 0.2) is 0 Å². The average Bonchev–Trinajstić information content (AvgIpc) is 3.12. The van der Waals surface area contributed by atoms with E-state index in [0.717, 1.165) is 4.90 Å². The molecule has 1 aliphatic rings. The molecule has 0 aromatic heterocycles. The first-order chi connectivity index (χ1) is 8.15. The maximum Gasteiger partial charge on any atom is 0.230 e. The lowest BCUT2D eigenvalue weighted by Crippen LogP contribution is -2.35. The lowest BCUT2D eigenvalue weighted by atomic mass is 10.2. The van der Waals surface area contributed by atoms with Crippen LogP contribution in [0.5, 0.6) is 5.75 Å². The first-order valence-corrected chi connectivity index (χ1v) is 6.85. The summed E-state index contributed by atoms with van der Waals surface area (Å²) < 4.78 is 0. The predicted octanol–water partition coefficient (Wildman–Crippen LogP) is 2.40. The van der Waals surface area contributed by atoms with Crippen LogP contribution < -0.4 is 5.32 Å². The van der Waals surface area contributed by atoms with Crippen molar-refractivity contribution < 1.29 is 9.90 Å². The zero-order valence-electron chi connectivity index (χ0n) is 9.85. The highest BCUT2D eigenvalue weighted by Crippen LogP contribution is 2.32. The minimum atomic E-state index is 0.0856. The SMILES string of the molecule is C[C@@H](NC(=O)CSc1ccc(O)cc1)C1CC1. The highest BCUT2D eigenvalue weighted by atomic mass is 32.2. The molecule has 0 aliphatic heterocycles. The molecule has 0 unspecified atom stereocenters. The van der Waals surface area contributed by atoms with Gasteiger partial charge in [-0.15, -0.1) is 11.8 Å². The smallest absolute Gasteiger partial charge is 0.230 e. The number of amides is 1. The van der Waals surface area contributed by atoms with Crippen LogP contribution in [0.3, 0.4) is 0 Å². The van der Waals surface area contributed by atoms with Crippen molar-refractivity contribution in [2.24, 2.45) is 5.92 Å².